The highest BCUT2D eigenvalue weighted by Gasteiger charge is 2.30. The quantitative estimate of drug-likeness (QED) is 0.556. The number of rotatable bonds is 7. The first-order chi connectivity index (χ1) is 14.4. The minimum absolute atomic E-state index is 0.140. The maximum Gasteiger partial charge on any atom is 0.338 e. The van der Waals surface area contributed by atoms with Crippen molar-refractivity contribution in [1.82, 2.24) is 0 Å². The zero-order valence-corrected chi connectivity index (χ0v) is 16.7. The SMILES string of the molecule is CCOc1ccc(NC(=O)[C@H](C)OC(=O)c2cccc(N3C(=O)CCC3=O)c2)cc1. The van der Waals surface area contributed by atoms with Crippen molar-refractivity contribution >= 4 is 35.1 Å². The minimum atomic E-state index is -1.05. The van der Waals surface area contributed by atoms with Gasteiger partial charge in [0.15, 0.2) is 6.10 Å². The summed E-state index contributed by atoms with van der Waals surface area (Å²) in [5.41, 5.74) is 0.989. The van der Waals surface area contributed by atoms with Crippen molar-refractivity contribution in [2.24, 2.45) is 0 Å². The van der Waals surface area contributed by atoms with E-state index in [1.165, 1.54) is 19.1 Å². The zero-order valence-electron chi connectivity index (χ0n) is 16.7. The second-order valence-electron chi connectivity index (χ2n) is 6.67. The molecule has 2 aromatic carbocycles. The number of benzene rings is 2. The molecule has 8 nitrogen and oxygen atoms in total. The number of nitrogens with one attached hydrogen (secondary N) is 1. The smallest absolute Gasteiger partial charge is 0.338 e. The standard InChI is InChI=1S/C22H22N2O6/c1-3-29-18-9-7-16(8-10-18)23-21(27)14(2)30-22(28)15-5-4-6-17(13-15)24-19(25)11-12-20(24)26/h4-10,13-14H,3,11-12H2,1-2H3,(H,23,27)/t14-/m0/s1. The third kappa shape index (κ3) is 4.83. The second-order valence-corrected chi connectivity index (χ2v) is 6.67. The van der Waals surface area contributed by atoms with Gasteiger partial charge in [-0.1, -0.05) is 6.07 Å². The maximum atomic E-state index is 12.5. The molecule has 0 aliphatic carbocycles. The molecule has 0 radical (unpaired) electrons. The van der Waals surface area contributed by atoms with E-state index in [2.05, 4.69) is 5.32 Å². The molecule has 0 bridgehead atoms. The number of anilines is 2. The van der Waals surface area contributed by atoms with Crippen LogP contribution in [0.2, 0.25) is 0 Å². The molecule has 1 N–H and O–H groups in total. The van der Waals surface area contributed by atoms with Crippen LogP contribution in [0.1, 0.15) is 37.0 Å². The molecule has 30 heavy (non-hydrogen) atoms. The van der Waals surface area contributed by atoms with Gasteiger partial charge in [-0.25, -0.2) is 4.79 Å². The first-order valence-electron chi connectivity index (χ1n) is 9.59. The van der Waals surface area contributed by atoms with Gasteiger partial charge in [0.1, 0.15) is 5.75 Å². The molecule has 1 fully saturated rings. The average molecular weight is 410 g/mol. The normalized spacial score (nSPS) is 14.4. The molecule has 0 aromatic heterocycles. The number of hydrogen-bond donors (Lipinski definition) is 1. The third-order valence-corrected chi connectivity index (χ3v) is 4.48. The number of amides is 3. The van der Waals surface area contributed by atoms with Crippen LogP contribution in [0.3, 0.4) is 0 Å². The van der Waals surface area contributed by atoms with E-state index in [1.54, 1.807) is 36.4 Å². The lowest BCUT2D eigenvalue weighted by atomic mass is 10.2. The summed E-state index contributed by atoms with van der Waals surface area (Å²) in [6, 6.07) is 12.8. The van der Waals surface area contributed by atoms with Gasteiger partial charge in [-0.15, -0.1) is 0 Å². The first-order valence-corrected chi connectivity index (χ1v) is 9.59. The molecule has 1 aliphatic heterocycles. The van der Waals surface area contributed by atoms with E-state index in [0.717, 1.165) is 4.90 Å². The molecule has 8 heteroatoms. The Labute approximate surface area is 173 Å². The highest BCUT2D eigenvalue weighted by molar-refractivity contribution is 6.20. The fourth-order valence-corrected chi connectivity index (χ4v) is 2.96. The number of carbonyl (C=O) groups excluding carboxylic acids is 4. The van der Waals surface area contributed by atoms with E-state index in [-0.39, 0.29) is 30.2 Å². The molecule has 3 amide bonds. The largest absolute Gasteiger partial charge is 0.494 e. The zero-order chi connectivity index (χ0) is 21.7. The molecule has 0 saturated carbocycles. The Morgan fingerprint density at radius 3 is 2.37 bits per heavy atom. The number of esters is 1. The van der Waals surface area contributed by atoms with Gasteiger partial charge < -0.3 is 14.8 Å². The first kappa shape index (κ1) is 21.0. The number of imide groups is 1. The topological polar surface area (TPSA) is 102 Å². The van der Waals surface area contributed by atoms with Crippen molar-refractivity contribution in [3.63, 3.8) is 0 Å². The summed E-state index contributed by atoms with van der Waals surface area (Å²) in [7, 11) is 0. The number of ether oxygens (including phenoxy) is 2. The summed E-state index contributed by atoms with van der Waals surface area (Å²) in [5.74, 6) is -1.16. The van der Waals surface area contributed by atoms with Crippen LogP contribution in [0.15, 0.2) is 48.5 Å². The molecule has 2 aromatic rings. The molecule has 1 heterocycles. The number of hydrogen-bond acceptors (Lipinski definition) is 6. The minimum Gasteiger partial charge on any atom is -0.494 e. The lowest BCUT2D eigenvalue weighted by molar-refractivity contribution is -0.124. The van der Waals surface area contributed by atoms with Gasteiger partial charge >= 0.3 is 5.97 Å². The molecular weight excluding hydrogens is 388 g/mol. The third-order valence-electron chi connectivity index (χ3n) is 4.48. The van der Waals surface area contributed by atoms with Crippen LogP contribution >= 0.6 is 0 Å². The van der Waals surface area contributed by atoms with Gasteiger partial charge in [-0.3, -0.25) is 19.3 Å². The van der Waals surface area contributed by atoms with Crippen LogP contribution in [-0.4, -0.2) is 36.4 Å². The Morgan fingerprint density at radius 2 is 1.73 bits per heavy atom. The molecule has 3 rings (SSSR count). The summed E-state index contributed by atoms with van der Waals surface area (Å²) in [6.45, 7) is 3.88. The number of carbonyl (C=O) groups is 4. The Bertz CT molecular complexity index is 954. The van der Waals surface area contributed by atoms with E-state index < -0.39 is 18.0 Å². The summed E-state index contributed by atoms with van der Waals surface area (Å²) in [4.78, 5) is 49.6. The highest BCUT2D eigenvalue weighted by Crippen LogP contribution is 2.24. The Balaban J connectivity index is 1.62. The van der Waals surface area contributed by atoms with E-state index >= 15 is 0 Å². The van der Waals surface area contributed by atoms with E-state index in [1.807, 2.05) is 6.92 Å². The van der Waals surface area contributed by atoms with Gasteiger partial charge in [0.2, 0.25) is 11.8 Å². The van der Waals surface area contributed by atoms with Crippen molar-refractivity contribution < 1.29 is 28.7 Å². The van der Waals surface area contributed by atoms with Crippen molar-refractivity contribution in [3.8, 4) is 5.75 Å². The van der Waals surface area contributed by atoms with E-state index in [4.69, 9.17) is 9.47 Å². The molecule has 0 spiro atoms. The van der Waals surface area contributed by atoms with Crippen molar-refractivity contribution in [1.29, 1.82) is 0 Å². The van der Waals surface area contributed by atoms with Crippen LogP contribution in [0, 0.1) is 0 Å². The second kappa shape index (κ2) is 9.21. The van der Waals surface area contributed by atoms with Crippen molar-refractivity contribution in [3.05, 3.63) is 54.1 Å². The molecular formula is C22H22N2O6. The Morgan fingerprint density at radius 1 is 1.07 bits per heavy atom. The van der Waals surface area contributed by atoms with Crippen LogP contribution in [0.4, 0.5) is 11.4 Å². The lowest BCUT2D eigenvalue weighted by Crippen LogP contribution is -2.30. The molecule has 1 aliphatic rings. The predicted octanol–water partition coefficient (Wildman–Crippen LogP) is 2.92. The fourth-order valence-electron chi connectivity index (χ4n) is 2.96. The molecule has 0 unspecified atom stereocenters. The van der Waals surface area contributed by atoms with Crippen molar-refractivity contribution in [2.45, 2.75) is 32.8 Å². The van der Waals surface area contributed by atoms with Crippen LogP contribution < -0.4 is 15.0 Å². The van der Waals surface area contributed by atoms with Crippen LogP contribution in [0.25, 0.3) is 0 Å². The monoisotopic (exact) mass is 410 g/mol. The predicted molar refractivity (Wildman–Crippen MR) is 109 cm³/mol. The highest BCUT2D eigenvalue weighted by atomic mass is 16.5. The molecule has 156 valence electrons. The fraction of sp³-hybridized carbons (Fsp3) is 0.273. The summed E-state index contributed by atoms with van der Waals surface area (Å²) >= 11 is 0. The van der Waals surface area contributed by atoms with Gasteiger partial charge in [0, 0.05) is 18.5 Å². The maximum absolute atomic E-state index is 12.5. The average Bonchev–Trinajstić information content (AvgIpc) is 3.07. The van der Waals surface area contributed by atoms with Crippen LogP contribution in [-0.2, 0) is 19.1 Å². The summed E-state index contributed by atoms with van der Waals surface area (Å²) < 4.78 is 10.6. The Hall–Kier alpha value is -3.68. The van der Waals surface area contributed by atoms with Crippen molar-refractivity contribution in [2.75, 3.05) is 16.8 Å². The molecule has 1 atom stereocenters. The number of nitrogens with zero attached hydrogens (tertiary/aromatic N) is 1. The van der Waals surface area contributed by atoms with E-state index in [0.29, 0.717) is 23.7 Å². The van der Waals surface area contributed by atoms with E-state index in [9.17, 15) is 19.2 Å². The van der Waals surface area contributed by atoms with Gasteiger partial charge in [-0.2, -0.15) is 0 Å². The van der Waals surface area contributed by atoms with Gasteiger partial charge in [0.05, 0.1) is 17.9 Å². The summed E-state index contributed by atoms with van der Waals surface area (Å²) in [5, 5.41) is 2.67. The summed E-state index contributed by atoms with van der Waals surface area (Å²) in [6.07, 6.45) is -0.755. The lowest BCUT2D eigenvalue weighted by Gasteiger charge is -2.16. The Kier molecular flexibility index (Phi) is 6.46. The van der Waals surface area contributed by atoms with Gasteiger partial charge in [-0.05, 0) is 56.3 Å². The van der Waals surface area contributed by atoms with Crippen LogP contribution in [0.5, 0.6) is 5.75 Å². The molecule has 1 saturated heterocycles. The van der Waals surface area contributed by atoms with Gasteiger partial charge in [0.25, 0.3) is 5.91 Å².